The molecule has 0 aliphatic carbocycles. The van der Waals surface area contributed by atoms with Gasteiger partial charge in [-0.05, 0) is 49.2 Å². The average molecular weight is 457 g/mol. The van der Waals surface area contributed by atoms with E-state index >= 15 is 0 Å². The molecule has 1 N–H and O–H groups in total. The van der Waals surface area contributed by atoms with E-state index in [0.717, 1.165) is 11.1 Å². The van der Waals surface area contributed by atoms with Gasteiger partial charge in [0.25, 0.3) is 6.01 Å². The summed E-state index contributed by atoms with van der Waals surface area (Å²) in [6.45, 7) is 5.83. The summed E-state index contributed by atoms with van der Waals surface area (Å²) >= 11 is 0. The summed E-state index contributed by atoms with van der Waals surface area (Å²) in [5.74, 6) is -0.170. The summed E-state index contributed by atoms with van der Waals surface area (Å²) in [7, 11) is -3.51. The van der Waals surface area contributed by atoms with E-state index in [4.69, 9.17) is 4.42 Å². The van der Waals surface area contributed by atoms with Crippen LogP contribution in [0.2, 0.25) is 0 Å². The van der Waals surface area contributed by atoms with Gasteiger partial charge in [-0.1, -0.05) is 26.0 Å². The Morgan fingerprint density at radius 1 is 1.09 bits per heavy atom. The zero-order valence-electron chi connectivity index (χ0n) is 18.3. The highest BCUT2D eigenvalue weighted by molar-refractivity contribution is 7.89. The Balaban J connectivity index is 1.35. The highest BCUT2D eigenvalue weighted by atomic mass is 32.2. The first kappa shape index (κ1) is 22.3. The van der Waals surface area contributed by atoms with Crippen LogP contribution in [-0.4, -0.2) is 49.8 Å². The van der Waals surface area contributed by atoms with Crippen LogP contribution in [0.25, 0.3) is 11.1 Å². The van der Waals surface area contributed by atoms with E-state index in [1.807, 2.05) is 38.1 Å². The summed E-state index contributed by atoms with van der Waals surface area (Å²) in [5, 5.41) is 2.92. The molecule has 0 unspecified atom stereocenters. The SMILES string of the molecule is CCN(CC)S(=O)(=O)c1ccc(NC(=O)C2CCN(c3nc4ccccc4o3)CC2)cc1. The van der Waals surface area contributed by atoms with E-state index in [1.54, 1.807) is 24.3 Å². The predicted molar refractivity (Wildman–Crippen MR) is 124 cm³/mol. The number of fused-ring (bicyclic) bond motifs is 1. The molecule has 0 spiro atoms. The number of hydrogen-bond donors (Lipinski definition) is 1. The molecular weight excluding hydrogens is 428 g/mol. The molecule has 1 aliphatic rings. The normalized spacial score (nSPS) is 15.4. The molecule has 2 heterocycles. The van der Waals surface area contributed by atoms with Gasteiger partial charge >= 0.3 is 0 Å². The fourth-order valence-corrected chi connectivity index (χ4v) is 5.45. The molecule has 1 fully saturated rings. The second-order valence-corrected chi connectivity index (χ2v) is 9.77. The Morgan fingerprint density at radius 3 is 2.38 bits per heavy atom. The maximum Gasteiger partial charge on any atom is 0.298 e. The van der Waals surface area contributed by atoms with Gasteiger partial charge in [0.05, 0.1) is 4.90 Å². The Morgan fingerprint density at radius 2 is 1.75 bits per heavy atom. The van der Waals surface area contributed by atoms with Crippen LogP contribution in [0.3, 0.4) is 0 Å². The highest BCUT2D eigenvalue weighted by Crippen LogP contribution is 2.27. The van der Waals surface area contributed by atoms with E-state index in [2.05, 4.69) is 15.2 Å². The first-order valence-corrected chi connectivity index (χ1v) is 12.4. The van der Waals surface area contributed by atoms with Gasteiger partial charge in [0.1, 0.15) is 5.52 Å². The lowest BCUT2D eigenvalue weighted by Crippen LogP contribution is -2.38. The van der Waals surface area contributed by atoms with Crippen LogP contribution in [0, 0.1) is 5.92 Å². The largest absolute Gasteiger partial charge is 0.423 e. The van der Waals surface area contributed by atoms with Crippen LogP contribution in [0.4, 0.5) is 11.7 Å². The zero-order valence-corrected chi connectivity index (χ0v) is 19.1. The van der Waals surface area contributed by atoms with Crippen LogP contribution in [0.5, 0.6) is 0 Å². The van der Waals surface area contributed by atoms with Gasteiger partial charge < -0.3 is 14.6 Å². The van der Waals surface area contributed by atoms with Crippen molar-refractivity contribution in [3.05, 3.63) is 48.5 Å². The molecule has 1 aromatic heterocycles. The van der Waals surface area contributed by atoms with E-state index in [1.165, 1.54) is 4.31 Å². The van der Waals surface area contributed by atoms with E-state index in [0.29, 0.717) is 50.7 Å². The Labute approximate surface area is 188 Å². The number of aromatic nitrogens is 1. The van der Waals surface area contributed by atoms with Crippen LogP contribution in [0.15, 0.2) is 57.8 Å². The minimum Gasteiger partial charge on any atom is -0.423 e. The summed E-state index contributed by atoms with van der Waals surface area (Å²) in [6.07, 6.45) is 1.39. The fourth-order valence-electron chi connectivity index (χ4n) is 4.00. The first-order valence-electron chi connectivity index (χ1n) is 10.9. The van der Waals surface area contributed by atoms with Crippen molar-refractivity contribution >= 4 is 38.7 Å². The number of carbonyl (C=O) groups is 1. The van der Waals surface area contributed by atoms with Crippen molar-refractivity contribution < 1.29 is 17.6 Å². The lowest BCUT2D eigenvalue weighted by atomic mass is 9.96. The van der Waals surface area contributed by atoms with E-state index < -0.39 is 10.0 Å². The second-order valence-electron chi connectivity index (χ2n) is 7.83. The number of hydrogen-bond acceptors (Lipinski definition) is 6. The Kier molecular flexibility index (Phi) is 6.48. The van der Waals surface area contributed by atoms with Gasteiger partial charge in [0.15, 0.2) is 5.58 Å². The van der Waals surface area contributed by atoms with Crippen molar-refractivity contribution in [3.63, 3.8) is 0 Å². The highest BCUT2D eigenvalue weighted by Gasteiger charge is 2.27. The molecule has 9 heteroatoms. The second kappa shape index (κ2) is 9.30. The third-order valence-corrected chi connectivity index (χ3v) is 7.95. The Hall–Kier alpha value is -2.91. The molecule has 3 aromatic rings. The van der Waals surface area contributed by atoms with Crippen molar-refractivity contribution in [3.8, 4) is 0 Å². The molecular formula is C23H28N4O4S. The molecule has 1 amide bonds. The number of para-hydroxylation sites is 2. The number of sulfonamides is 1. The molecule has 1 aliphatic heterocycles. The summed E-state index contributed by atoms with van der Waals surface area (Å²) < 4.78 is 32.4. The topological polar surface area (TPSA) is 95.8 Å². The van der Waals surface area contributed by atoms with Crippen LogP contribution in [0.1, 0.15) is 26.7 Å². The summed E-state index contributed by atoms with van der Waals surface area (Å²) in [5.41, 5.74) is 2.18. The third kappa shape index (κ3) is 4.49. The van der Waals surface area contributed by atoms with Gasteiger partial charge in [0, 0.05) is 37.8 Å². The number of benzene rings is 2. The van der Waals surface area contributed by atoms with Crippen LogP contribution < -0.4 is 10.2 Å². The number of piperidine rings is 1. The molecule has 0 saturated carbocycles. The number of nitrogens with zero attached hydrogens (tertiary/aromatic N) is 3. The molecule has 0 radical (unpaired) electrons. The third-order valence-electron chi connectivity index (χ3n) is 5.88. The van der Waals surface area contributed by atoms with Gasteiger partial charge in [-0.2, -0.15) is 9.29 Å². The van der Waals surface area contributed by atoms with Gasteiger partial charge in [-0.25, -0.2) is 8.42 Å². The van der Waals surface area contributed by atoms with Crippen LogP contribution in [-0.2, 0) is 14.8 Å². The average Bonchev–Trinajstić information content (AvgIpc) is 3.24. The number of rotatable bonds is 7. The zero-order chi connectivity index (χ0) is 22.7. The number of nitrogens with one attached hydrogen (secondary N) is 1. The molecule has 0 atom stereocenters. The summed E-state index contributed by atoms with van der Waals surface area (Å²) in [6, 6.07) is 14.6. The quantitative estimate of drug-likeness (QED) is 0.582. The van der Waals surface area contributed by atoms with E-state index in [9.17, 15) is 13.2 Å². The van der Waals surface area contributed by atoms with Gasteiger partial charge in [-0.15, -0.1) is 0 Å². The first-order chi connectivity index (χ1) is 15.4. The number of carbonyl (C=O) groups excluding carboxylic acids is 1. The Bertz CT molecular complexity index is 1150. The lowest BCUT2D eigenvalue weighted by molar-refractivity contribution is -0.120. The maximum atomic E-state index is 12.7. The molecule has 2 aromatic carbocycles. The predicted octanol–water partition coefficient (Wildman–Crippen LogP) is 3.71. The van der Waals surface area contributed by atoms with Gasteiger partial charge in [-0.3, -0.25) is 4.79 Å². The fraction of sp³-hybridized carbons (Fsp3) is 0.391. The van der Waals surface area contributed by atoms with Crippen molar-refractivity contribution in [2.45, 2.75) is 31.6 Å². The molecule has 170 valence electrons. The lowest BCUT2D eigenvalue weighted by Gasteiger charge is -2.30. The molecule has 4 rings (SSSR count). The molecule has 0 bridgehead atoms. The number of anilines is 2. The van der Waals surface area contributed by atoms with Crippen molar-refractivity contribution in [2.24, 2.45) is 5.92 Å². The number of oxazole rings is 1. The summed E-state index contributed by atoms with van der Waals surface area (Å²) in [4.78, 5) is 19.6. The number of amides is 1. The minimum atomic E-state index is -3.51. The standard InChI is InChI=1S/C23H28N4O4S/c1-3-27(4-2)32(29,30)19-11-9-18(10-12-19)24-22(28)17-13-15-26(16-14-17)23-25-20-7-5-6-8-21(20)31-23/h5-12,17H,3-4,13-16H2,1-2H3,(H,24,28). The smallest absolute Gasteiger partial charge is 0.298 e. The molecule has 8 nitrogen and oxygen atoms in total. The van der Waals surface area contributed by atoms with Crippen molar-refractivity contribution in [1.29, 1.82) is 0 Å². The minimum absolute atomic E-state index is 0.0541. The van der Waals surface area contributed by atoms with E-state index in [-0.39, 0.29) is 16.7 Å². The molecule has 32 heavy (non-hydrogen) atoms. The molecule has 1 saturated heterocycles. The van der Waals surface area contributed by atoms with Gasteiger partial charge in [0.2, 0.25) is 15.9 Å². The maximum absolute atomic E-state index is 12.7. The van der Waals surface area contributed by atoms with Crippen molar-refractivity contribution in [2.75, 3.05) is 36.4 Å². The monoisotopic (exact) mass is 456 g/mol. The van der Waals surface area contributed by atoms with Crippen LogP contribution >= 0.6 is 0 Å². The van der Waals surface area contributed by atoms with Crippen molar-refractivity contribution in [1.82, 2.24) is 9.29 Å².